The number of hydrogen-bond acceptors (Lipinski definition) is 4. The molecule has 2 rings (SSSR count). The maximum Gasteiger partial charge on any atom is 0.140 e. The molecule has 1 fully saturated rings. The lowest BCUT2D eigenvalue weighted by Crippen LogP contribution is -2.22. The van der Waals surface area contributed by atoms with Crippen LogP contribution in [-0.2, 0) is 6.54 Å². The van der Waals surface area contributed by atoms with Crippen molar-refractivity contribution in [1.29, 1.82) is 0 Å². The zero-order valence-corrected chi connectivity index (χ0v) is 11.7. The summed E-state index contributed by atoms with van der Waals surface area (Å²) in [5.41, 5.74) is 3.46. The van der Waals surface area contributed by atoms with Crippen molar-refractivity contribution < 1.29 is 0 Å². The van der Waals surface area contributed by atoms with Crippen LogP contribution in [0.25, 0.3) is 0 Å². The minimum atomic E-state index is 0.661. The van der Waals surface area contributed by atoms with Gasteiger partial charge in [0, 0.05) is 13.1 Å². The fourth-order valence-corrected chi connectivity index (χ4v) is 2.60. The van der Waals surface area contributed by atoms with E-state index in [1.54, 1.807) is 6.07 Å². The highest BCUT2D eigenvalue weighted by Gasteiger charge is 2.25. The monoisotopic (exact) mass is 268 g/mol. The van der Waals surface area contributed by atoms with Gasteiger partial charge in [0.25, 0.3) is 0 Å². The van der Waals surface area contributed by atoms with Crippen molar-refractivity contribution in [2.24, 2.45) is 17.7 Å². The Morgan fingerprint density at radius 3 is 2.94 bits per heavy atom. The second-order valence-corrected chi connectivity index (χ2v) is 5.70. The van der Waals surface area contributed by atoms with Crippen molar-refractivity contribution in [3.8, 4) is 0 Å². The third kappa shape index (κ3) is 3.13. The van der Waals surface area contributed by atoms with Crippen LogP contribution in [0.5, 0.6) is 0 Å². The van der Waals surface area contributed by atoms with Crippen LogP contribution < -0.4 is 11.3 Å². The third-order valence-electron chi connectivity index (χ3n) is 3.69. The van der Waals surface area contributed by atoms with Gasteiger partial charge in [-0.05, 0) is 36.9 Å². The molecule has 100 valence electrons. The third-order valence-corrected chi connectivity index (χ3v) is 4.04. The Balaban J connectivity index is 2.02. The first kappa shape index (κ1) is 13.6. The van der Waals surface area contributed by atoms with Crippen molar-refractivity contribution in [3.05, 3.63) is 22.8 Å². The lowest BCUT2D eigenvalue weighted by atomic mass is 9.95. The van der Waals surface area contributed by atoms with E-state index in [-0.39, 0.29) is 0 Å². The Bertz CT molecular complexity index is 408. The van der Waals surface area contributed by atoms with Gasteiger partial charge in [-0.1, -0.05) is 25.4 Å². The number of nitrogen functional groups attached to an aromatic ring is 1. The molecule has 1 aromatic rings. The van der Waals surface area contributed by atoms with Crippen LogP contribution in [0, 0.1) is 11.8 Å². The van der Waals surface area contributed by atoms with Gasteiger partial charge in [-0.3, -0.25) is 4.90 Å². The second-order valence-electron chi connectivity index (χ2n) is 5.30. The predicted octanol–water partition coefficient (Wildman–Crippen LogP) is 2.50. The molecule has 0 saturated carbocycles. The number of aromatic nitrogens is 1. The molecule has 0 aliphatic carbocycles. The zero-order valence-electron chi connectivity index (χ0n) is 11.0. The van der Waals surface area contributed by atoms with Gasteiger partial charge in [-0.2, -0.15) is 0 Å². The van der Waals surface area contributed by atoms with E-state index in [1.165, 1.54) is 6.42 Å². The number of nitrogens with one attached hydrogen (secondary N) is 1. The molecule has 0 bridgehead atoms. The van der Waals surface area contributed by atoms with Crippen molar-refractivity contribution >= 4 is 17.4 Å². The van der Waals surface area contributed by atoms with Crippen LogP contribution in [0.4, 0.5) is 5.82 Å². The van der Waals surface area contributed by atoms with E-state index >= 15 is 0 Å². The van der Waals surface area contributed by atoms with Gasteiger partial charge >= 0.3 is 0 Å². The highest BCUT2D eigenvalue weighted by atomic mass is 35.5. The maximum absolute atomic E-state index is 6.17. The molecule has 1 unspecified atom stereocenters. The summed E-state index contributed by atoms with van der Waals surface area (Å²) >= 11 is 6.17. The lowest BCUT2D eigenvalue weighted by molar-refractivity contribution is 0.294. The Kier molecular flexibility index (Phi) is 4.43. The number of hydrogen-bond donors (Lipinski definition) is 2. The van der Waals surface area contributed by atoms with Crippen LogP contribution in [0.2, 0.25) is 5.02 Å². The molecule has 0 radical (unpaired) electrons. The topological polar surface area (TPSA) is 54.2 Å². The van der Waals surface area contributed by atoms with E-state index in [1.807, 2.05) is 6.07 Å². The van der Waals surface area contributed by atoms with Crippen LogP contribution >= 0.6 is 11.6 Å². The molecule has 1 saturated heterocycles. The molecule has 3 N–H and O–H groups in total. The van der Waals surface area contributed by atoms with E-state index in [4.69, 9.17) is 17.4 Å². The second kappa shape index (κ2) is 5.87. The average molecular weight is 269 g/mol. The number of halogens is 1. The van der Waals surface area contributed by atoms with E-state index in [9.17, 15) is 0 Å². The van der Waals surface area contributed by atoms with E-state index in [0.29, 0.717) is 10.8 Å². The minimum absolute atomic E-state index is 0.661. The summed E-state index contributed by atoms with van der Waals surface area (Å²) in [6.45, 7) is 7.64. The molecule has 4 nitrogen and oxygen atoms in total. The minimum Gasteiger partial charge on any atom is -0.308 e. The Labute approximate surface area is 113 Å². The SMILES string of the molecule is CC(C)C1CCN(Cc2nc(NN)ccc2Cl)C1. The Morgan fingerprint density at radius 1 is 1.56 bits per heavy atom. The highest BCUT2D eigenvalue weighted by Crippen LogP contribution is 2.26. The van der Waals surface area contributed by atoms with Gasteiger partial charge in [0.05, 0.1) is 10.7 Å². The van der Waals surface area contributed by atoms with Crippen LogP contribution in [0.1, 0.15) is 26.0 Å². The van der Waals surface area contributed by atoms with Crippen LogP contribution in [0.15, 0.2) is 12.1 Å². The van der Waals surface area contributed by atoms with Crippen molar-refractivity contribution in [1.82, 2.24) is 9.88 Å². The summed E-state index contributed by atoms with van der Waals surface area (Å²) in [6, 6.07) is 3.63. The zero-order chi connectivity index (χ0) is 13.1. The van der Waals surface area contributed by atoms with Gasteiger partial charge in [0.1, 0.15) is 5.82 Å². The molecule has 1 atom stereocenters. The van der Waals surface area contributed by atoms with Crippen molar-refractivity contribution in [2.75, 3.05) is 18.5 Å². The summed E-state index contributed by atoms with van der Waals surface area (Å²) in [7, 11) is 0. The van der Waals surface area contributed by atoms with Gasteiger partial charge in [0.2, 0.25) is 0 Å². The number of rotatable bonds is 4. The number of pyridine rings is 1. The smallest absolute Gasteiger partial charge is 0.140 e. The summed E-state index contributed by atoms with van der Waals surface area (Å²) < 4.78 is 0. The summed E-state index contributed by atoms with van der Waals surface area (Å²) in [5, 5.41) is 0.710. The molecular weight excluding hydrogens is 248 g/mol. The average Bonchev–Trinajstić information content (AvgIpc) is 2.81. The number of anilines is 1. The molecule has 1 aromatic heterocycles. The number of nitrogens with two attached hydrogens (primary N) is 1. The quantitative estimate of drug-likeness (QED) is 0.651. The predicted molar refractivity (Wildman–Crippen MR) is 75.3 cm³/mol. The normalized spacial score (nSPS) is 20.6. The molecule has 0 aromatic carbocycles. The van der Waals surface area contributed by atoms with E-state index in [2.05, 4.69) is 29.2 Å². The largest absolute Gasteiger partial charge is 0.308 e. The number of nitrogens with zero attached hydrogens (tertiary/aromatic N) is 2. The lowest BCUT2D eigenvalue weighted by Gasteiger charge is -2.18. The van der Waals surface area contributed by atoms with E-state index < -0.39 is 0 Å². The van der Waals surface area contributed by atoms with Crippen molar-refractivity contribution in [2.45, 2.75) is 26.8 Å². The summed E-state index contributed by atoms with van der Waals surface area (Å²) in [4.78, 5) is 6.83. The molecule has 5 heteroatoms. The fraction of sp³-hybridized carbons (Fsp3) is 0.615. The molecule has 0 amide bonds. The van der Waals surface area contributed by atoms with Gasteiger partial charge < -0.3 is 5.43 Å². The highest BCUT2D eigenvalue weighted by molar-refractivity contribution is 6.31. The molecule has 1 aliphatic rings. The first-order chi connectivity index (χ1) is 8.60. The molecule has 18 heavy (non-hydrogen) atoms. The summed E-state index contributed by atoms with van der Waals surface area (Å²) in [5.74, 6) is 7.57. The standard InChI is InChI=1S/C13H21ClN4/c1-9(2)10-5-6-18(7-10)8-12-11(14)3-4-13(16-12)17-15/h3-4,9-10H,5-8,15H2,1-2H3,(H,16,17). The maximum atomic E-state index is 6.17. The van der Waals surface area contributed by atoms with Gasteiger partial charge in [0.15, 0.2) is 0 Å². The first-order valence-corrected chi connectivity index (χ1v) is 6.82. The van der Waals surface area contributed by atoms with Gasteiger partial charge in [-0.15, -0.1) is 0 Å². The Morgan fingerprint density at radius 2 is 2.33 bits per heavy atom. The molecule has 0 spiro atoms. The van der Waals surface area contributed by atoms with Gasteiger partial charge in [-0.25, -0.2) is 10.8 Å². The van der Waals surface area contributed by atoms with E-state index in [0.717, 1.165) is 37.2 Å². The molecule has 1 aliphatic heterocycles. The van der Waals surface area contributed by atoms with Crippen LogP contribution in [0.3, 0.4) is 0 Å². The molecule has 2 heterocycles. The van der Waals surface area contributed by atoms with Crippen molar-refractivity contribution in [3.63, 3.8) is 0 Å². The number of likely N-dealkylation sites (tertiary alicyclic amines) is 1. The Hall–Kier alpha value is -0.840. The fourth-order valence-electron chi connectivity index (χ4n) is 2.44. The molecular formula is C13H21ClN4. The summed E-state index contributed by atoms with van der Waals surface area (Å²) in [6.07, 6.45) is 1.27. The van der Waals surface area contributed by atoms with Crippen LogP contribution in [-0.4, -0.2) is 23.0 Å². The first-order valence-electron chi connectivity index (χ1n) is 6.44. The number of hydrazine groups is 1.